The first kappa shape index (κ1) is 13.2. The van der Waals surface area contributed by atoms with Crippen molar-refractivity contribution in [3.8, 4) is 0 Å². The molecule has 0 spiro atoms. The van der Waals surface area contributed by atoms with E-state index in [4.69, 9.17) is 11.5 Å². The van der Waals surface area contributed by atoms with E-state index >= 15 is 0 Å². The van der Waals surface area contributed by atoms with Crippen molar-refractivity contribution in [2.45, 2.75) is 19.9 Å². The van der Waals surface area contributed by atoms with Crippen LogP contribution in [-0.2, 0) is 4.79 Å². The number of nitrogens with one attached hydrogen (secondary N) is 1. The van der Waals surface area contributed by atoms with Gasteiger partial charge in [-0.3, -0.25) is 9.59 Å². The number of carbonyl (C=O) groups excluding carboxylic acids is 2. The minimum Gasteiger partial charge on any atom is -0.366 e. The Bertz CT molecular complexity index is 430. The zero-order valence-electron chi connectivity index (χ0n) is 9.94. The molecule has 0 fully saturated rings. The number of anilines is 1. The van der Waals surface area contributed by atoms with Crippen molar-refractivity contribution in [2.24, 2.45) is 17.4 Å². The quantitative estimate of drug-likeness (QED) is 0.716. The monoisotopic (exact) mass is 235 g/mol. The van der Waals surface area contributed by atoms with Gasteiger partial charge in [0.05, 0.1) is 6.04 Å². The summed E-state index contributed by atoms with van der Waals surface area (Å²) in [5.41, 5.74) is 11.7. The topological polar surface area (TPSA) is 98.2 Å². The number of rotatable bonds is 4. The summed E-state index contributed by atoms with van der Waals surface area (Å²) in [6.07, 6.45) is 0. The number of primary amides is 1. The lowest BCUT2D eigenvalue weighted by molar-refractivity contribution is -0.118. The number of hydrogen-bond donors (Lipinski definition) is 3. The number of carbonyl (C=O) groups is 2. The van der Waals surface area contributed by atoms with Gasteiger partial charge in [0.1, 0.15) is 0 Å². The van der Waals surface area contributed by atoms with Crippen LogP contribution in [0.1, 0.15) is 24.2 Å². The average Bonchev–Trinajstić information content (AvgIpc) is 2.28. The molecule has 1 unspecified atom stereocenters. The van der Waals surface area contributed by atoms with Gasteiger partial charge < -0.3 is 16.8 Å². The molecule has 1 aromatic carbocycles. The van der Waals surface area contributed by atoms with Crippen molar-refractivity contribution < 1.29 is 9.59 Å². The van der Waals surface area contributed by atoms with Gasteiger partial charge in [0, 0.05) is 11.3 Å². The Morgan fingerprint density at radius 2 is 1.94 bits per heavy atom. The summed E-state index contributed by atoms with van der Waals surface area (Å²) in [5, 5.41) is 2.65. The molecule has 0 heterocycles. The van der Waals surface area contributed by atoms with Gasteiger partial charge in [-0.2, -0.15) is 0 Å². The molecule has 0 aliphatic rings. The SMILES string of the molecule is CC(C)C(N)C(=O)Nc1cccc(C(N)=O)c1. The minimum atomic E-state index is -0.577. The predicted molar refractivity (Wildman–Crippen MR) is 66.4 cm³/mol. The highest BCUT2D eigenvalue weighted by Gasteiger charge is 2.17. The van der Waals surface area contributed by atoms with Crippen molar-refractivity contribution in [1.82, 2.24) is 0 Å². The van der Waals surface area contributed by atoms with Gasteiger partial charge in [-0.05, 0) is 24.1 Å². The van der Waals surface area contributed by atoms with Gasteiger partial charge in [-0.1, -0.05) is 19.9 Å². The van der Waals surface area contributed by atoms with Crippen molar-refractivity contribution in [1.29, 1.82) is 0 Å². The molecule has 92 valence electrons. The van der Waals surface area contributed by atoms with Crippen LogP contribution in [0.2, 0.25) is 0 Å². The number of nitrogens with two attached hydrogens (primary N) is 2. The number of amides is 2. The molecule has 0 aliphatic carbocycles. The van der Waals surface area contributed by atoms with Gasteiger partial charge in [-0.15, -0.1) is 0 Å². The second-order valence-electron chi connectivity index (χ2n) is 4.20. The Balaban J connectivity index is 2.78. The van der Waals surface area contributed by atoms with Crippen LogP contribution >= 0.6 is 0 Å². The van der Waals surface area contributed by atoms with Crippen molar-refractivity contribution >= 4 is 17.5 Å². The first-order valence-electron chi connectivity index (χ1n) is 5.38. The fraction of sp³-hybridized carbons (Fsp3) is 0.333. The summed E-state index contributed by atoms with van der Waals surface area (Å²) in [7, 11) is 0. The van der Waals surface area contributed by atoms with E-state index in [-0.39, 0.29) is 11.8 Å². The van der Waals surface area contributed by atoms with Crippen LogP contribution < -0.4 is 16.8 Å². The van der Waals surface area contributed by atoms with Gasteiger partial charge in [-0.25, -0.2) is 0 Å². The molecular formula is C12H17N3O2. The standard InChI is InChI=1S/C12H17N3O2/c1-7(2)10(13)12(17)15-9-5-3-4-8(6-9)11(14)16/h3-7,10H,13H2,1-2H3,(H2,14,16)(H,15,17). The molecule has 0 aliphatic heterocycles. The zero-order chi connectivity index (χ0) is 13.0. The summed E-state index contributed by atoms with van der Waals surface area (Å²) < 4.78 is 0. The average molecular weight is 235 g/mol. The summed E-state index contributed by atoms with van der Waals surface area (Å²) in [5.74, 6) is -0.759. The van der Waals surface area contributed by atoms with Crippen LogP contribution in [0.3, 0.4) is 0 Å². The van der Waals surface area contributed by atoms with Gasteiger partial charge in [0.15, 0.2) is 0 Å². The summed E-state index contributed by atoms with van der Waals surface area (Å²) in [6.45, 7) is 3.73. The van der Waals surface area contributed by atoms with E-state index in [0.29, 0.717) is 11.3 Å². The van der Waals surface area contributed by atoms with E-state index in [1.54, 1.807) is 18.2 Å². The third-order valence-electron chi connectivity index (χ3n) is 2.44. The van der Waals surface area contributed by atoms with Gasteiger partial charge in [0.2, 0.25) is 11.8 Å². The second kappa shape index (κ2) is 5.45. The molecule has 17 heavy (non-hydrogen) atoms. The van der Waals surface area contributed by atoms with Gasteiger partial charge in [0.25, 0.3) is 0 Å². The molecule has 0 saturated heterocycles. The van der Waals surface area contributed by atoms with E-state index in [1.165, 1.54) is 6.07 Å². The molecule has 1 atom stereocenters. The maximum absolute atomic E-state index is 11.7. The number of hydrogen-bond acceptors (Lipinski definition) is 3. The lowest BCUT2D eigenvalue weighted by Gasteiger charge is -2.15. The van der Waals surface area contributed by atoms with E-state index < -0.39 is 11.9 Å². The van der Waals surface area contributed by atoms with E-state index in [2.05, 4.69) is 5.32 Å². The predicted octanol–water partition coefficient (Wildman–Crippen LogP) is 0.707. The van der Waals surface area contributed by atoms with Crippen LogP contribution in [0.4, 0.5) is 5.69 Å². The fourth-order valence-electron chi connectivity index (χ4n) is 1.28. The summed E-state index contributed by atoms with van der Waals surface area (Å²) >= 11 is 0. The van der Waals surface area contributed by atoms with Crippen molar-refractivity contribution in [3.05, 3.63) is 29.8 Å². The molecule has 5 heteroatoms. The van der Waals surface area contributed by atoms with E-state index in [0.717, 1.165) is 0 Å². The molecule has 2 amide bonds. The molecule has 0 saturated carbocycles. The Morgan fingerprint density at radius 1 is 1.29 bits per heavy atom. The fourth-order valence-corrected chi connectivity index (χ4v) is 1.28. The summed E-state index contributed by atoms with van der Waals surface area (Å²) in [4.78, 5) is 22.6. The van der Waals surface area contributed by atoms with E-state index in [9.17, 15) is 9.59 Å². The molecule has 1 aromatic rings. The lowest BCUT2D eigenvalue weighted by Crippen LogP contribution is -2.39. The second-order valence-corrected chi connectivity index (χ2v) is 4.20. The molecule has 0 radical (unpaired) electrons. The van der Waals surface area contributed by atoms with Crippen LogP contribution in [0.15, 0.2) is 24.3 Å². The summed E-state index contributed by atoms with van der Waals surface area (Å²) in [6, 6.07) is 5.86. The molecule has 0 bridgehead atoms. The molecule has 0 aromatic heterocycles. The molecule has 5 N–H and O–H groups in total. The highest BCUT2D eigenvalue weighted by Crippen LogP contribution is 2.11. The number of benzene rings is 1. The Labute approximate surface area is 100 Å². The first-order valence-corrected chi connectivity index (χ1v) is 5.38. The van der Waals surface area contributed by atoms with Crippen LogP contribution in [-0.4, -0.2) is 17.9 Å². The normalized spacial score (nSPS) is 12.2. The smallest absolute Gasteiger partial charge is 0.248 e. The Hall–Kier alpha value is -1.88. The first-order chi connectivity index (χ1) is 7.91. The maximum Gasteiger partial charge on any atom is 0.248 e. The highest BCUT2D eigenvalue weighted by atomic mass is 16.2. The minimum absolute atomic E-state index is 0.0503. The van der Waals surface area contributed by atoms with Gasteiger partial charge >= 0.3 is 0 Å². The third kappa shape index (κ3) is 3.57. The van der Waals surface area contributed by atoms with Crippen molar-refractivity contribution in [3.63, 3.8) is 0 Å². The highest BCUT2D eigenvalue weighted by molar-refractivity contribution is 5.97. The molecule has 1 rings (SSSR count). The molecular weight excluding hydrogens is 218 g/mol. The van der Waals surface area contributed by atoms with Crippen LogP contribution in [0, 0.1) is 5.92 Å². The largest absolute Gasteiger partial charge is 0.366 e. The zero-order valence-corrected chi connectivity index (χ0v) is 9.94. The maximum atomic E-state index is 11.7. The Kier molecular flexibility index (Phi) is 4.23. The third-order valence-corrected chi connectivity index (χ3v) is 2.44. The van der Waals surface area contributed by atoms with Crippen LogP contribution in [0.5, 0.6) is 0 Å². The lowest BCUT2D eigenvalue weighted by atomic mass is 10.0. The van der Waals surface area contributed by atoms with Crippen molar-refractivity contribution in [2.75, 3.05) is 5.32 Å². The van der Waals surface area contributed by atoms with E-state index in [1.807, 2.05) is 13.8 Å². The molecule has 5 nitrogen and oxygen atoms in total. The van der Waals surface area contributed by atoms with Crippen LogP contribution in [0.25, 0.3) is 0 Å². The Morgan fingerprint density at radius 3 is 2.47 bits per heavy atom.